The van der Waals surface area contributed by atoms with E-state index < -0.39 is 17.6 Å². The van der Waals surface area contributed by atoms with Gasteiger partial charge in [0.05, 0.1) is 11.3 Å². The van der Waals surface area contributed by atoms with Crippen molar-refractivity contribution in [3.05, 3.63) is 75.7 Å². The minimum atomic E-state index is -4.63. The molecular formula is C26H25F4NO3S. The molecule has 2 N–H and O–H groups in total. The lowest BCUT2D eigenvalue weighted by atomic mass is 9.77. The van der Waals surface area contributed by atoms with E-state index in [2.05, 4.69) is 48.0 Å². The van der Waals surface area contributed by atoms with E-state index in [1.165, 1.54) is 16.0 Å². The van der Waals surface area contributed by atoms with Gasteiger partial charge in [0.15, 0.2) is 0 Å². The highest BCUT2D eigenvalue weighted by atomic mass is 32.1. The Morgan fingerprint density at radius 3 is 2.37 bits per heavy atom. The summed E-state index contributed by atoms with van der Waals surface area (Å²) in [5.74, 6) is -1.53. The van der Waals surface area contributed by atoms with E-state index in [1.807, 2.05) is 0 Å². The molecule has 0 aliphatic heterocycles. The van der Waals surface area contributed by atoms with E-state index in [9.17, 15) is 22.4 Å². The summed E-state index contributed by atoms with van der Waals surface area (Å²) in [5, 5.41) is 11.4. The van der Waals surface area contributed by atoms with Gasteiger partial charge in [-0.25, -0.2) is 4.39 Å². The third-order valence-corrected chi connectivity index (χ3v) is 7.00. The van der Waals surface area contributed by atoms with Crippen LogP contribution in [0.1, 0.15) is 47.6 Å². The number of rotatable bonds is 4. The molecule has 35 heavy (non-hydrogen) atoms. The zero-order valence-electron chi connectivity index (χ0n) is 18.9. The molecule has 1 amide bonds. The predicted octanol–water partition coefficient (Wildman–Crippen LogP) is 7.49. The van der Waals surface area contributed by atoms with Gasteiger partial charge in [-0.15, -0.1) is 11.3 Å². The van der Waals surface area contributed by atoms with Gasteiger partial charge in [0.1, 0.15) is 5.82 Å². The summed E-state index contributed by atoms with van der Waals surface area (Å²) in [7, 11) is 0. The van der Waals surface area contributed by atoms with Gasteiger partial charge >= 0.3 is 6.18 Å². The first-order valence-electron chi connectivity index (χ1n) is 11.0. The van der Waals surface area contributed by atoms with Gasteiger partial charge in [-0.3, -0.25) is 9.59 Å². The summed E-state index contributed by atoms with van der Waals surface area (Å²) in [5.41, 5.74) is 2.25. The molecule has 0 saturated heterocycles. The number of hydrogen-bond acceptors (Lipinski definition) is 3. The highest BCUT2D eigenvalue weighted by molar-refractivity contribution is 7.10. The van der Waals surface area contributed by atoms with E-state index in [4.69, 9.17) is 9.90 Å². The van der Waals surface area contributed by atoms with Crippen molar-refractivity contribution in [3.63, 3.8) is 0 Å². The molecule has 1 aliphatic carbocycles. The van der Waals surface area contributed by atoms with Crippen LogP contribution in [0.2, 0.25) is 0 Å². The summed E-state index contributed by atoms with van der Waals surface area (Å²) in [6.45, 7) is 1.84. The molecule has 4 rings (SSSR count). The molecule has 1 fully saturated rings. The molecule has 9 heteroatoms. The molecule has 0 radical (unpaired) electrons. The second-order valence-corrected chi connectivity index (χ2v) is 9.48. The largest absolute Gasteiger partial charge is 0.483 e. The van der Waals surface area contributed by atoms with Crippen LogP contribution in [-0.2, 0) is 15.8 Å². The Hall–Kier alpha value is -3.20. The molecule has 2 atom stereocenters. The monoisotopic (exact) mass is 507 g/mol. The van der Waals surface area contributed by atoms with E-state index in [1.54, 1.807) is 11.3 Å². The maximum Gasteiger partial charge on any atom is 0.416 e. The van der Waals surface area contributed by atoms with Crippen molar-refractivity contribution in [1.82, 2.24) is 0 Å². The molecule has 2 unspecified atom stereocenters. The zero-order chi connectivity index (χ0) is 25.6. The third kappa shape index (κ3) is 6.69. The normalized spacial score (nSPS) is 17.7. The number of carbonyl (C=O) groups is 2. The maximum absolute atomic E-state index is 14.1. The molecular weight excluding hydrogens is 482 g/mol. The fourth-order valence-corrected chi connectivity index (χ4v) is 5.10. The van der Waals surface area contributed by atoms with E-state index in [0.29, 0.717) is 18.9 Å². The summed E-state index contributed by atoms with van der Waals surface area (Å²) >= 11 is 1.71. The van der Waals surface area contributed by atoms with Gasteiger partial charge in [0.25, 0.3) is 6.47 Å². The molecule has 186 valence electrons. The van der Waals surface area contributed by atoms with Gasteiger partial charge < -0.3 is 10.4 Å². The Labute approximate surface area is 204 Å². The summed E-state index contributed by atoms with van der Waals surface area (Å²) in [6.07, 6.45) is -1.49. The SMILES string of the molecule is Cc1sccc1-c1ccc(C2CCCC(C(=O)Nc3ccc(C(F)(F)F)cc3F)C2)cc1.O=CO. The lowest BCUT2D eigenvalue weighted by Crippen LogP contribution is -2.28. The van der Waals surface area contributed by atoms with Gasteiger partial charge in [-0.1, -0.05) is 30.7 Å². The number of anilines is 1. The van der Waals surface area contributed by atoms with Gasteiger partial charge in [0, 0.05) is 10.8 Å². The van der Waals surface area contributed by atoms with Crippen LogP contribution in [0, 0.1) is 18.7 Å². The van der Waals surface area contributed by atoms with Gasteiger partial charge in [0.2, 0.25) is 5.91 Å². The van der Waals surface area contributed by atoms with Gasteiger partial charge in [-0.05, 0) is 78.4 Å². The number of carboxylic acid groups (broad SMARTS) is 1. The predicted molar refractivity (Wildman–Crippen MR) is 128 cm³/mol. The average Bonchev–Trinajstić information content (AvgIpc) is 3.26. The van der Waals surface area contributed by atoms with E-state index >= 15 is 0 Å². The molecule has 1 heterocycles. The lowest BCUT2D eigenvalue weighted by molar-refractivity contribution is -0.137. The van der Waals surface area contributed by atoms with Crippen LogP contribution < -0.4 is 5.32 Å². The van der Waals surface area contributed by atoms with Crippen LogP contribution >= 0.6 is 11.3 Å². The Morgan fingerprint density at radius 1 is 1.11 bits per heavy atom. The average molecular weight is 508 g/mol. The molecule has 0 bridgehead atoms. The quantitative estimate of drug-likeness (QED) is 0.284. The minimum Gasteiger partial charge on any atom is -0.483 e. The number of nitrogens with one attached hydrogen (secondary N) is 1. The molecule has 4 nitrogen and oxygen atoms in total. The van der Waals surface area contributed by atoms with Gasteiger partial charge in [-0.2, -0.15) is 13.2 Å². The highest BCUT2D eigenvalue weighted by Gasteiger charge is 2.32. The molecule has 0 spiro atoms. The Bertz CT molecular complexity index is 1160. The van der Waals surface area contributed by atoms with Crippen LogP contribution in [0.5, 0.6) is 0 Å². The van der Waals surface area contributed by atoms with Crippen LogP contribution in [0.3, 0.4) is 0 Å². The second kappa shape index (κ2) is 11.5. The van der Waals surface area contributed by atoms with Crippen molar-refractivity contribution in [2.24, 2.45) is 5.92 Å². The number of alkyl halides is 3. The smallest absolute Gasteiger partial charge is 0.416 e. The Balaban J connectivity index is 0.00000108. The summed E-state index contributed by atoms with van der Waals surface area (Å²) < 4.78 is 52.3. The van der Waals surface area contributed by atoms with E-state index in [0.717, 1.165) is 30.5 Å². The van der Waals surface area contributed by atoms with Crippen molar-refractivity contribution in [3.8, 4) is 11.1 Å². The number of benzene rings is 2. The number of carbonyl (C=O) groups excluding carboxylic acids is 1. The minimum absolute atomic E-state index is 0.217. The van der Waals surface area contributed by atoms with Crippen LogP contribution in [0.15, 0.2) is 53.9 Å². The number of hydrogen-bond donors (Lipinski definition) is 2. The van der Waals surface area contributed by atoms with Crippen molar-refractivity contribution >= 4 is 29.4 Å². The fourth-order valence-electron chi connectivity index (χ4n) is 4.38. The van der Waals surface area contributed by atoms with Crippen molar-refractivity contribution in [1.29, 1.82) is 0 Å². The van der Waals surface area contributed by atoms with Crippen LogP contribution in [0.4, 0.5) is 23.2 Å². The first-order valence-corrected chi connectivity index (χ1v) is 11.9. The first-order chi connectivity index (χ1) is 16.6. The first kappa shape index (κ1) is 26.4. The second-order valence-electron chi connectivity index (χ2n) is 8.36. The molecule has 3 aromatic rings. The number of halogens is 4. The maximum atomic E-state index is 14.1. The van der Waals surface area contributed by atoms with E-state index in [-0.39, 0.29) is 29.9 Å². The fraction of sp³-hybridized carbons (Fsp3) is 0.308. The van der Waals surface area contributed by atoms with Crippen molar-refractivity contribution < 1.29 is 32.3 Å². The highest BCUT2D eigenvalue weighted by Crippen LogP contribution is 2.38. The Morgan fingerprint density at radius 2 is 1.80 bits per heavy atom. The number of thiophene rings is 1. The van der Waals surface area contributed by atoms with Crippen LogP contribution in [-0.4, -0.2) is 17.5 Å². The molecule has 2 aromatic carbocycles. The number of aryl methyl sites for hydroxylation is 1. The summed E-state index contributed by atoms with van der Waals surface area (Å²) in [4.78, 5) is 22.4. The van der Waals surface area contributed by atoms with Crippen LogP contribution in [0.25, 0.3) is 11.1 Å². The lowest BCUT2D eigenvalue weighted by Gasteiger charge is -2.29. The standard InChI is InChI=1S/C25H23F4NOS.CH2O2/c1-15-21(11-12-32-15)17-7-5-16(6-8-17)18-3-2-4-19(13-18)24(31)30-23-10-9-20(14-22(23)26)25(27,28)29;2-1-3/h5-12,14,18-19H,2-4,13H2,1H3,(H,30,31);1H,(H,2,3). The third-order valence-electron chi connectivity index (χ3n) is 6.15. The topological polar surface area (TPSA) is 66.4 Å². The van der Waals surface area contributed by atoms with Crippen molar-refractivity contribution in [2.45, 2.75) is 44.7 Å². The molecule has 1 aromatic heterocycles. The number of amides is 1. The molecule has 1 saturated carbocycles. The Kier molecular flexibility index (Phi) is 8.67. The molecule has 1 aliphatic rings. The zero-order valence-corrected chi connectivity index (χ0v) is 19.8. The van der Waals surface area contributed by atoms with Crippen molar-refractivity contribution in [2.75, 3.05) is 5.32 Å². The summed E-state index contributed by atoms with van der Waals surface area (Å²) in [6, 6.07) is 12.7.